The molecule has 2 atom stereocenters. The first-order chi connectivity index (χ1) is 8.76. The normalized spacial score (nSPS) is 28.1. The fourth-order valence-electron chi connectivity index (χ4n) is 3.22. The summed E-state index contributed by atoms with van der Waals surface area (Å²) in [6.07, 6.45) is 8.37. The number of amides is 1. The number of hydrogen-bond donors (Lipinski definition) is 1. The third-order valence-corrected chi connectivity index (χ3v) is 4.51. The average molecular weight is 252 g/mol. The standard InChI is InChI=1S/C15H28N2O/c1-2-9-17(11-12-7-8-12)15(18)14-6-4-3-5-13(14)10-16/h12-14H,2-11,16H2,1H3. The molecule has 2 rings (SSSR count). The van der Waals surface area contributed by atoms with Gasteiger partial charge in [0.1, 0.15) is 0 Å². The van der Waals surface area contributed by atoms with Gasteiger partial charge in [0.25, 0.3) is 0 Å². The highest BCUT2D eigenvalue weighted by atomic mass is 16.2. The van der Waals surface area contributed by atoms with Crippen molar-refractivity contribution in [2.24, 2.45) is 23.5 Å². The summed E-state index contributed by atoms with van der Waals surface area (Å²) in [5.41, 5.74) is 5.85. The van der Waals surface area contributed by atoms with Gasteiger partial charge in [-0.2, -0.15) is 0 Å². The van der Waals surface area contributed by atoms with Crippen LogP contribution in [0.2, 0.25) is 0 Å². The molecule has 3 heteroatoms. The van der Waals surface area contributed by atoms with Crippen molar-refractivity contribution in [1.82, 2.24) is 4.90 Å². The van der Waals surface area contributed by atoms with E-state index >= 15 is 0 Å². The molecule has 3 nitrogen and oxygen atoms in total. The zero-order valence-corrected chi connectivity index (χ0v) is 11.7. The van der Waals surface area contributed by atoms with Crippen LogP contribution in [0.4, 0.5) is 0 Å². The predicted molar refractivity (Wildman–Crippen MR) is 74.1 cm³/mol. The second-order valence-corrected chi connectivity index (χ2v) is 6.11. The monoisotopic (exact) mass is 252 g/mol. The van der Waals surface area contributed by atoms with Gasteiger partial charge in [0, 0.05) is 19.0 Å². The Morgan fingerprint density at radius 2 is 1.94 bits per heavy atom. The molecular formula is C15H28N2O. The zero-order valence-electron chi connectivity index (χ0n) is 11.7. The van der Waals surface area contributed by atoms with E-state index in [4.69, 9.17) is 5.73 Å². The van der Waals surface area contributed by atoms with Crippen molar-refractivity contribution in [2.75, 3.05) is 19.6 Å². The minimum atomic E-state index is 0.217. The van der Waals surface area contributed by atoms with Crippen LogP contribution < -0.4 is 5.73 Å². The summed E-state index contributed by atoms with van der Waals surface area (Å²) >= 11 is 0. The van der Waals surface area contributed by atoms with E-state index in [0.717, 1.165) is 38.3 Å². The maximum atomic E-state index is 12.7. The van der Waals surface area contributed by atoms with Gasteiger partial charge in [-0.1, -0.05) is 19.8 Å². The van der Waals surface area contributed by atoms with Crippen LogP contribution in [0, 0.1) is 17.8 Å². The molecule has 104 valence electrons. The fraction of sp³-hybridized carbons (Fsp3) is 0.933. The summed E-state index contributed by atoms with van der Waals surface area (Å²) in [7, 11) is 0. The summed E-state index contributed by atoms with van der Waals surface area (Å²) in [4.78, 5) is 14.8. The van der Waals surface area contributed by atoms with E-state index in [-0.39, 0.29) is 5.92 Å². The third-order valence-electron chi connectivity index (χ3n) is 4.51. The Morgan fingerprint density at radius 3 is 2.56 bits per heavy atom. The third kappa shape index (κ3) is 3.47. The molecular weight excluding hydrogens is 224 g/mol. The minimum absolute atomic E-state index is 0.217. The van der Waals surface area contributed by atoms with Crippen LogP contribution in [0.15, 0.2) is 0 Å². The lowest BCUT2D eigenvalue weighted by molar-refractivity contribution is -0.138. The van der Waals surface area contributed by atoms with Gasteiger partial charge in [0.15, 0.2) is 0 Å². The van der Waals surface area contributed by atoms with Crippen LogP contribution in [-0.4, -0.2) is 30.4 Å². The number of carbonyl (C=O) groups excluding carboxylic acids is 1. The molecule has 2 aliphatic carbocycles. The number of nitrogens with two attached hydrogens (primary N) is 1. The van der Waals surface area contributed by atoms with Gasteiger partial charge in [-0.05, 0) is 50.5 Å². The Kier molecular flexibility index (Phi) is 5.04. The molecule has 0 bridgehead atoms. The molecule has 2 fully saturated rings. The molecule has 2 saturated carbocycles. The second-order valence-electron chi connectivity index (χ2n) is 6.11. The van der Waals surface area contributed by atoms with E-state index < -0.39 is 0 Å². The summed E-state index contributed by atoms with van der Waals surface area (Å²) < 4.78 is 0. The summed E-state index contributed by atoms with van der Waals surface area (Å²) in [6, 6.07) is 0. The van der Waals surface area contributed by atoms with Crippen molar-refractivity contribution < 1.29 is 4.79 Å². The van der Waals surface area contributed by atoms with Gasteiger partial charge in [-0.3, -0.25) is 4.79 Å². The number of hydrogen-bond acceptors (Lipinski definition) is 2. The molecule has 0 saturated heterocycles. The Hall–Kier alpha value is -0.570. The molecule has 2 unspecified atom stereocenters. The maximum absolute atomic E-state index is 12.7. The molecule has 0 aliphatic heterocycles. The van der Waals surface area contributed by atoms with Crippen molar-refractivity contribution >= 4 is 5.91 Å². The van der Waals surface area contributed by atoms with Crippen molar-refractivity contribution in [1.29, 1.82) is 0 Å². The van der Waals surface area contributed by atoms with Crippen molar-refractivity contribution in [3.8, 4) is 0 Å². The van der Waals surface area contributed by atoms with E-state index in [1.165, 1.54) is 25.7 Å². The van der Waals surface area contributed by atoms with Gasteiger partial charge in [0.05, 0.1) is 0 Å². The second kappa shape index (κ2) is 6.55. The van der Waals surface area contributed by atoms with Gasteiger partial charge in [-0.15, -0.1) is 0 Å². The van der Waals surface area contributed by atoms with Crippen LogP contribution in [0.1, 0.15) is 51.9 Å². The van der Waals surface area contributed by atoms with Crippen LogP contribution in [0.3, 0.4) is 0 Å². The molecule has 0 spiro atoms. The highest BCUT2D eigenvalue weighted by molar-refractivity contribution is 5.79. The first-order valence-electron chi connectivity index (χ1n) is 7.75. The lowest BCUT2D eigenvalue weighted by Crippen LogP contribution is -2.43. The van der Waals surface area contributed by atoms with E-state index in [0.29, 0.717) is 18.4 Å². The molecule has 18 heavy (non-hydrogen) atoms. The molecule has 0 radical (unpaired) electrons. The van der Waals surface area contributed by atoms with E-state index in [2.05, 4.69) is 11.8 Å². The van der Waals surface area contributed by atoms with Crippen molar-refractivity contribution in [2.45, 2.75) is 51.9 Å². The largest absolute Gasteiger partial charge is 0.342 e. The minimum Gasteiger partial charge on any atom is -0.342 e. The lowest BCUT2D eigenvalue weighted by Gasteiger charge is -2.34. The maximum Gasteiger partial charge on any atom is 0.226 e. The molecule has 0 aromatic rings. The SMILES string of the molecule is CCCN(CC1CC1)C(=O)C1CCCCC1CN. The van der Waals surface area contributed by atoms with E-state index in [1.54, 1.807) is 0 Å². The van der Waals surface area contributed by atoms with Crippen LogP contribution in [-0.2, 0) is 4.79 Å². The Morgan fingerprint density at radius 1 is 1.22 bits per heavy atom. The first-order valence-corrected chi connectivity index (χ1v) is 7.75. The smallest absolute Gasteiger partial charge is 0.226 e. The summed E-state index contributed by atoms with van der Waals surface area (Å²) in [5, 5.41) is 0. The topological polar surface area (TPSA) is 46.3 Å². The van der Waals surface area contributed by atoms with E-state index in [1.807, 2.05) is 0 Å². The van der Waals surface area contributed by atoms with Crippen LogP contribution in [0.5, 0.6) is 0 Å². The van der Waals surface area contributed by atoms with Gasteiger partial charge in [0.2, 0.25) is 5.91 Å². The predicted octanol–water partition coefficient (Wildman–Crippen LogP) is 2.40. The molecule has 2 aliphatic rings. The average Bonchev–Trinajstić information content (AvgIpc) is 3.21. The van der Waals surface area contributed by atoms with Gasteiger partial charge in [-0.25, -0.2) is 0 Å². The van der Waals surface area contributed by atoms with Gasteiger partial charge < -0.3 is 10.6 Å². The lowest BCUT2D eigenvalue weighted by atomic mass is 9.78. The van der Waals surface area contributed by atoms with Crippen LogP contribution in [0.25, 0.3) is 0 Å². The number of rotatable bonds is 6. The fourth-order valence-corrected chi connectivity index (χ4v) is 3.22. The van der Waals surface area contributed by atoms with Crippen molar-refractivity contribution in [3.63, 3.8) is 0 Å². The first kappa shape index (κ1) is 13.9. The molecule has 2 N–H and O–H groups in total. The molecule has 0 aromatic heterocycles. The molecule has 0 heterocycles. The number of carbonyl (C=O) groups is 1. The number of nitrogens with zero attached hydrogens (tertiary/aromatic N) is 1. The Balaban J connectivity index is 1.95. The van der Waals surface area contributed by atoms with Gasteiger partial charge >= 0.3 is 0 Å². The summed E-state index contributed by atoms with van der Waals surface area (Å²) in [6.45, 7) is 4.78. The van der Waals surface area contributed by atoms with E-state index in [9.17, 15) is 4.79 Å². The summed E-state index contributed by atoms with van der Waals surface area (Å²) in [5.74, 6) is 1.85. The Bertz CT molecular complexity index is 276. The Labute approximate surface area is 111 Å². The van der Waals surface area contributed by atoms with Crippen LogP contribution >= 0.6 is 0 Å². The van der Waals surface area contributed by atoms with Crippen molar-refractivity contribution in [3.05, 3.63) is 0 Å². The molecule has 1 amide bonds. The molecule has 0 aromatic carbocycles. The quantitative estimate of drug-likeness (QED) is 0.789. The zero-order chi connectivity index (χ0) is 13.0. The highest BCUT2D eigenvalue weighted by Gasteiger charge is 2.34. The highest BCUT2D eigenvalue weighted by Crippen LogP contribution is 2.34.